The number of nitrogens with one attached hydrogen (secondary N) is 4. The van der Waals surface area contributed by atoms with Crippen LogP contribution in [0.1, 0.15) is 45.1 Å². The molecule has 4 amide bonds. The largest absolute Gasteiger partial charge is 0.467 e. The highest BCUT2D eigenvalue weighted by Gasteiger charge is 2.33. The van der Waals surface area contributed by atoms with Gasteiger partial charge in [0.2, 0.25) is 17.7 Å². The molecule has 11 nitrogen and oxygen atoms in total. The highest BCUT2D eigenvalue weighted by molar-refractivity contribution is 5.92. The molecule has 2 rings (SSSR count). The molecule has 1 saturated heterocycles. The number of methoxy groups -OCH3 is 1. The number of carbonyl (C=O) groups is 5. The molecule has 0 aromatic heterocycles. The Labute approximate surface area is 211 Å². The second-order valence-electron chi connectivity index (χ2n) is 9.12. The molecule has 1 aliphatic rings. The van der Waals surface area contributed by atoms with E-state index in [1.807, 2.05) is 32.0 Å². The van der Waals surface area contributed by atoms with Gasteiger partial charge in [0.15, 0.2) is 0 Å². The zero-order valence-electron chi connectivity index (χ0n) is 21.0. The fraction of sp³-hybridized carbons (Fsp3) is 0.560. The van der Waals surface area contributed by atoms with E-state index < -0.39 is 48.4 Å². The lowest BCUT2D eigenvalue weighted by Crippen LogP contribution is -2.54. The van der Waals surface area contributed by atoms with Crippen molar-refractivity contribution in [2.45, 2.75) is 58.2 Å². The summed E-state index contributed by atoms with van der Waals surface area (Å²) in [7, 11) is 1.21. The third-order valence-corrected chi connectivity index (χ3v) is 5.69. The summed E-state index contributed by atoms with van der Waals surface area (Å²) >= 11 is 0. The lowest BCUT2D eigenvalue weighted by Gasteiger charge is -2.27. The molecule has 1 fully saturated rings. The van der Waals surface area contributed by atoms with Crippen molar-refractivity contribution < 1.29 is 33.4 Å². The number of alkyl carbamates (subject to hydrolysis) is 1. The van der Waals surface area contributed by atoms with Crippen molar-refractivity contribution in [3.63, 3.8) is 0 Å². The van der Waals surface area contributed by atoms with Gasteiger partial charge >= 0.3 is 12.1 Å². The number of benzene rings is 1. The predicted molar refractivity (Wildman–Crippen MR) is 130 cm³/mol. The van der Waals surface area contributed by atoms with E-state index in [-0.39, 0.29) is 24.9 Å². The molecule has 4 N–H and O–H groups in total. The van der Waals surface area contributed by atoms with Gasteiger partial charge in [0.25, 0.3) is 0 Å². The standard InChI is InChI=1S/C25H36N4O7/c1-16(2)12-19(28-21(30)14-27-25(34)36-15-17-8-5-4-6-9-17)23(32)29-20(24(33)35-3)13-18-10-7-11-26-22(18)31/h4-6,8-9,16,18-20H,7,10-15H2,1-3H3,(H,26,31)(H,27,34)(H,28,30)(H,29,32)/t18-,19-,20-/m0/s1. The number of carbonyl (C=O) groups excluding carboxylic acids is 5. The summed E-state index contributed by atoms with van der Waals surface area (Å²) in [5.41, 5.74) is 0.802. The number of hydrogen-bond donors (Lipinski definition) is 4. The van der Waals surface area contributed by atoms with Gasteiger partial charge in [-0.1, -0.05) is 44.2 Å². The monoisotopic (exact) mass is 504 g/mol. The van der Waals surface area contributed by atoms with Crippen LogP contribution >= 0.6 is 0 Å². The minimum Gasteiger partial charge on any atom is -0.467 e. The summed E-state index contributed by atoms with van der Waals surface area (Å²) in [6.07, 6.45) is 1.02. The zero-order valence-corrected chi connectivity index (χ0v) is 21.0. The van der Waals surface area contributed by atoms with Crippen LogP contribution in [-0.2, 0) is 35.3 Å². The zero-order chi connectivity index (χ0) is 26.5. The van der Waals surface area contributed by atoms with Gasteiger partial charge in [-0.05, 0) is 37.2 Å². The van der Waals surface area contributed by atoms with E-state index in [1.165, 1.54) is 7.11 Å². The highest BCUT2D eigenvalue weighted by Crippen LogP contribution is 2.18. The Morgan fingerprint density at radius 2 is 1.81 bits per heavy atom. The first-order valence-electron chi connectivity index (χ1n) is 12.1. The summed E-state index contributed by atoms with van der Waals surface area (Å²) in [4.78, 5) is 61.8. The van der Waals surface area contributed by atoms with Gasteiger partial charge in [0.05, 0.1) is 7.11 Å². The van der Waals surface area contributed by atoms with Crippen LogP contribution in [0.4, 0.5) is 4.79 Å². The van der Waals surface area contributed by atoms with Crippen LogP contribution in [-0.4, -0.2) is 62.1 Å². The van der Waals surface area contributed by atoms with Crippen molar-refractivity contribution >= 4 is 29.8 Å². The molecule has 0 radical (unpaired) electrons. The molecule has 11 heteroatoms. The van der Waals surface area contributed by atoms with E-state index in [9.17, 15) is 24.0 Å². The van der Waals surface area contributed by atoms with Crippen LogP contribution in [0, 0.1) is 11.8 Å². The summed E-state index contributed by atoms with van der Waals surface area (Å²) in [6.45, 7) is 4.02. The fourth-order valence-corrected chi connectivity index (χ4v) is 3.85. The molecule has 1 aromatic rings. The van der Waals surface area contributed by atoms with E-state index in [0.717, 1.165) is 12.0 Å². The van der Waals surface area contributed by atoms with E-state index >= 15 is 0 Å². The Hall–Kier alpha value is -3.63. The average Bonchev–Trinajstić information content (AvgIpc) is 2.86. The minimum atomic E-state index is -1.03. The number of piperidine rings is 1. The van der Waals surface area contributed by atoms with Crippen LogP contribution in [0.25, 0.3) is 0 Å². The highest BCUT2D eigenvalue weighted by atomic mass is 16.5. The maximum absolute atomic E-state index is 13.0. The molecular formula is C25H36N4O7. The lowest BCUT2D eigenvalue weighted by molar-refractivity contribution is -0.146. The molecule has 0 saturated carbocycles. The molecular weight excluding hydrogens is 468 g/mol. The van der Waals surface area contributed by atoms with Gasteiger partial charge in [0.1, 0.15) is 25.2 Å². The lowest BCUT2D eigenvalue weighted by atomic mass is 9.91. The summed E-state index contributed by atoms with van der Waals surface area (Å²) in [5.74, 6) is -2.37. The molecule has 1 heterocycles. The molecule has 0 spiro atoms. The van der Waals surface area contributed by atoms with Gasteiger partial charge < -0.3 is 30.7 Å². The number of ether oxygens (including phenoxy) is 2. The number of rotatable bonds is 12. The van der Waals surface area contributed by atoms with Crippen molar-refractivity contribution in [3.05, 3.63) is 35.9 Å². The van der Waals surface area contributed by atoms with Crippen molar-refractivity contribution in [2.75, 3.05) is 20.2 Å². The van der Waals surface area contributed by atoms with Crippen molar-refractivity contribution in [1.82, 2.24) is 21.3 Å². The summed E-state index contributed by atoms with van der Waals surface area (Å²) < 4.78 is 9.89. The van der Waals surface area contributed by atoms with Crippen LogP contribution in [0.3, 0.4) is 0 Å². The third-order valence-electron chi connectivity index (χ3n) is 5.69. The Morgan fingerprint density at radius 1 is 1.08 bits per heavy atom. The molecule has 1 aromatic carbocycles. The first-order valence-corrected chi connectivity index (χ1v) is 12.1. The van der Waals surface area contributed by atoms with Crippen LogP contribution in [0.15, 0.2) is 30.3 Å². The van der Waals surface area contributed by atoms with Gasteiger partial charge in [-0.2, -0.15) is 0 Å². The van der Waals surface area contributed by atoms with E-state index in [2.05, 4.69) is 21.3 Å². The Balaban J connectivity index is 1.91. The predicted octanol–water partition coefficient (Wildman–Crippen LogP) is 1.02. The second-order valence-corrected chi connectivity index (χ2v) is 9.12. The average molecular weight is 505 g/mol. The minimum absolute atomic E-state index is 0.0468. The van der Waals surface area contributed by atoms with E-state index in [0.29, 0.717) is 19.4 Å². The SMILES string of the molecule is COC(=O)[C@H](C[C@@H]1CCCNC1=O)NC(=O)[C@H](CC(C)C)NC(=O)CNC(=O)OCc1ccccc1. The first-order chi connectivity index (χ1) is 17.2. The van der Waals surface area contributed by atoms with Gasteiger partial charge in [0, 0.05) is 12.5 Å². The number of esters is 1. The maximum atomic E-state index is 13.0. The van der Waals surface area contributed by atoms with Crippen LogP contribution < -0.4 is 21.3 Å². The second kappa shape index (κ2) is 14.7. The Kier molecular flexibility index (Phi) is 11.7. The first kappa shape index (κ1) is 28.6. The van der Waals surface area contributed by atoms with Crippen molar-refractivity contribution in [3.8, 4) is 0 Å². The number of amides is 4. The molecule has 3 atom stereocenters. The van der Waals surface area contributed by atoms with Crippen molar-refractivity contribution in [2.24, 2.45) is 11.8 Å². The van der Waals surface area contributed by atoms with Gasteiger partial charge in [-0.25, -0.2) is 9.59 Å². The third kappa shape index (κ3) is 9.93. The maximum Gasteiger partial charge on any atom is 0.407 e. The molecule has 0 unspecified atom stereocenters. The van der Waals surface area contributed by atoms with Crippen LogP contribution in [0.2, 0.25) is 0 Å². The van der Waals surface area contributed by atoms with E-state index in [1.54, 1.807) is 12.1 Å². The molecule has 1 aliphatic heterocycles. The van der Waals surface area contributed by atoms with Gasteiger partial charge in [-0.15, -0.1) is 0 Å². The topological polar surface area (TPSA) is 152 Å². The summed E-state index contributed by atoms with van der Waals surface area (Å²) in [6, 6.07) is 7.10. The molecule has 36 heavy (non-hydrogen) atoms. The normalized spacial score (nSPS) is 16.8. The smallest absolute Gasteiger partial charge is 0.407 e. The van der Waals surface area contributed by atoms with Crippen molar-refractivity contribution in [1.29, 1.82) is 0 Å². The fourth-order valence-electron chi connectivity index (χ4n) is 3.85. The molecule has 0 aliphatic carbocycles. The quantitative estimate of drug-likeness (QED) is 0.310. The van der Waals surface area contributed by atoms with E-state index in [4.69, 9.17) is 9.47 Å². The Bertz CT molecular complexity index is 907. The van der Waals surface area contributed by atoms with Crippen LogP contribution in [0.5, 0.6) is 0 Å². The van der Waals surface area contributed by atoms with Gasteiger partial charge in [-0.3, -0.25) is 14.4 Å². The molecule has 198 valence electrons. The number of hydrogen-bond acceptors (Lipinski definition) is 7. The summed E-state index contributed by atoms with van der Waals surface area (Å²) in [5, 5.41) is 10.3. The Morgan fingerprint density at radius 3 is 2.44 bits per heavy atom. The molecule has 0 bridgehead atoms.